The number of aryl methyl sites for hydroxylation is 1. The average molecular weight is 343 g/mol. The van der Waals surface area contributed by atoms with E-state index < -0.39 is 0 Å². The summed E-state index contributed by atoms with van der Waals surface area (Å²) in [7, 11) is 0. The maximum atomic E-state index is 12.2. The normalized spacial score (nSPS) is 14.6. The van der Waals surface area contributed by atoms with Gasteiger partial charge in [-0.2, -0.15) is 5.26 Å². The molecule has 0 bridgehead atoms. The highest BCUT2D eigenvalue weighted by molar-refractivity contribution is 5.78. The van der Waals surface area contributed by atoms with E-state index in [2.05, 4.69) is 5.32 Å². The largest absolute Gasteiger partial charge is 0.494 e. The van der Waals surface area contributed by atoms with Gasteiger partial charge in [-0.15, -0.1) is 0 Å². The third-order valence-corrected chi connectivity index (χ3v) is 4.28. The summed E-state index contributed by atoms with van der Waals surface area (Å²) in [6.07, 6.45) is 2.52. The molecule has 0 aliphatic carbocycles. The van der Waals surface area contributed by atoms with Gasteiger partial charge in [0.25, 0.3) is 0 Å². The summed E-state index contributed by atoms with van der Waals surface area (Å²) in [6, 6.07) is 9.77. The van der Waals surface area contributed by atoms with Gasteiger partial charge in [-0.3, -0.25) is 9.59 Å². The lowest BCUT2D eigenvalue weighted by atomic mass is 10.0. The number of nitrogens with one attached hydrogen (secondary N) is 1. The van der Waals surface area contributed by atoms with Crippen LogP contribution >= 0.6 is 0 Å². The minimum absolute atomic E-state index is 0.0646. The van der Waals surface area contributed by atoms with Crippen molar-refractivity contribution in [3.8, 4) is 11.8 Å². The third-order valence-electron chi connectivity index (χ3n) is 4.28. The van der Waals surface area contributed by atoms with Crippen molar-refractivity contribution >= 4 is 11.8 Å². The Bertz CT molecular complexity index is 614. The predicted molar refractivity (Wildman–Crippen MR) is 93.9 cm³/mol. The van der Waals surface area contributed by atoms with Crippen molar-refractivity contribution in [2.45, 2.75) is 45.1 Å². The number of hydrogen-bond donors (Lipinski definition) is 1. The summed E-state index contributed by atoms with van der Waals surface area (Å²) in [5, 5.41) is 11.3. The zero-order valence-electron chi connectivity index (χ0n) is 14.7. The number of rotatable bonds is 7. The molecule has 0 radical (unpaired) electrons. The molecule has 0 unspecified atom stereocenters. The molecule has 2 rings (SSSR count). The number of hydrogen-bond acceptors (Lipinski definition) is 4. The summed E-state index contributed by atoms with van der Waals surface area (Å²) in [5.74, 6) is 0.724. The van der Waals surface area contributed by atoms with Gasteiger partial charge in [0.05, 0.1) is 12.7 Å². The first kappa shape index (κ1) is 18.8. The van der Waals surface area contributed by atoms with Gasteiger partial charge in [0, 0.05) is 25.6 Å². The van der Waals surface area contributed by atoms with E-state index in [-0.39, 0.29) is 24.3 Å². The quantitative estimate of drug-likeness (QED) is 0.769. The third kappa shape index (κ3) is 6.46. The van der Waals surface area contributed by atoms with Crippen molar-refractivity contribution in [2.24, 2.45) is 0 Å². The Labute approximate surface area is 148 Å². The summed E-state index contributed by atoms with van der Waals surface area (Å²) in [4.78, 5) is 25.5. The standard InChI is InChI=1S/C19H25N3O3/c1-15-4-6-17(7-5-15)25-14-2-3-19(24)22-12-9-16(10-13-22)21-18(23)8-11-20/h4-7,16H,2-3,8-10,12-14H2,1H3,(H,21,23). The second-order valence-corrected chi connectivity index (χ2v) is 6.32. The smallest absolute Gasteiger partial charge is 0.234 e. The lowest BCUT2D eigenvalue weighted by molar-refractivity contribution is -0.132. The number of likely N-dealkylation sites (tertiary alicyclic amines) is 1. The molecule has 134 valence electrons. The van der Waals surface area contributed by atoms with E-state index >= 15 is 0 Å². The molecule has 1 heterocycles. The Morgan fingerprint density at radius 2 is 1.96 bits per heavy atom. The van der Waals surface area contributed by atoms with Crippen LogP contribution in [0.5, 0.6) is 5.75 Å². The second-order valence-electron chi connectivity index (χ2n) is 6.32. The van der Waals surface area contributed by atoms with E-state index in [1.54, 1.807) is 0 Å². The number of amides is 2. The van der Waals surface area contributed by atoms with E-state index in [9.17, 15) is 9.59 Å². The van der Waals surface area contributed by atoms with Crippen LogP contribution in [0.25, 0.3) is 0 Å². The van der Waals surface area contributed by atoms with E-state index in [1.165, 1.54) is 5.56 Å². The predicted octanol–water partition coefficient (Wildman–Crippen LogP) is 2.17. The van der Waals surface area contributed by atoms with Gasteiger partial charge >= 0.3 is 0 Å². The first-order valence-corrected chi connectivity index (χ1v) is 8.72. The summed E-state index contributed by atoms with van der Waals surface area (Å²) < 4.78 is 5.64. The Hall–Kier alpha value is -2.55. The molecule has 1 aromatic carbocycles. The molecule has 1 saturated heterocycles. The van der Waals surface area contributed by atoms with Crippen molar-refractivity contribution in [1.29, 1.82) is 5.26 Å². The number of carbonyl (C=O) groups excluding carboxylic acids is 2. The summed E-state index contributed by atoms with van der Waals surface area (Å²) in [5.41, 5.74) is 1.19. The minimum Gasteiger partial charge on any atom is -0.494 e. The van der Waals surface area contributed by atoms with Crippen LogP contribution in [0.4, 0.5) is 0 Å². The van der Waals surface area contributed by atoms with Gasteiger partial charge in [0.15, 0.2) is 0 Å². The fraction of sp³-hybridized carbons (Fsp3) is 0.526. The maximum Gasteiger partial charge on any atom is 0.234 e. The van der Waals surface area contributed by atoms with Crippen LogP contribution in [-0.4, -0.2) is 42.5 Å². The van der Waals surface area contributed by atoms with Crippen LogP contribution in [0, 0.1) is 18.3 Å². The SMILES string of the molecule is Cc1ccc(OCCCC(=O)N2CCC(NC(=O)CC#N)CC2)cc1. The van der Waals surface area contributed by atoms with Crippen molar-refractivity contribution < 1.29 is 14.3 Å². The highest BCUT2D eigenvalue weighted by Gasteiger charge is 2.23. The summed E-state index contributed by atoms with van der Waals surface area (Å²) in [6.45, 7) is 3.85. The first-order valence-electron chi connectivity index (χ1n) is 8.72. The molecule has 25 heavy (non-hydrogen) atoms. The minimum atomic E-state index is -0.236. The van der Waals surface area contributed by atoms with Crippen LogP contribution in [-0.2, 0) is 9.59 Å². The fourth-order valence-electron chi connectivity index (χ4n) is 2.83. The Balaban J connectivity index is 1.61. The van der Waals surface area contributed by atoms with Gasteiger partial charge < -0.3 is 15.0 Å². The number of benzene rings is 1. The van der Waals surface area contributed by atoms with Crippen molar-refractivity contribution in [2.75, 3.05) is 19.7 Å². The van der Waals surface area contributed by atoms with Crippen LogP contribution in [0.3, 0.4) is 0 Å². The zero-order chi connectivity index (χ0) is 18.1. The van der Waals surface area contributed by atoms with Gasteiger partial charge in [-0.1, -0.05) is 17.7 Å². The van der Waals surface area contributed by atoms with Crippen LogP contribution in [0.15, 0.2) is 24.3 Å². The van der Waals surface area contributed by atoms with Crippen molar-refractivity contribution in [3.05, 3.63) is 29.8 Å². The molecule has 0 spiro atoms. The monoisotopic (exact) mass is 343 g/mol. The van der Waals surface area contributed by atoms with E-state index in [0.717, 1.165) is 18.6 Å². The lowest BCUT2D eigenvalue weighted by Crippen LogP contribution is -2.46. The Morgan fingerprint density at radius 1 is 1.28 bits per heavy atom. The van der Waals surface area contributed by atoms with Gasteiger partial charge in [-0.25, -0.2) is 0 Å². The van der Waals surface area contributed by atoms with Gasteiger partial charge in [0.1, 0.15) is 12.2 Å². The molecule has 1 N–H and O–H groups in total. The molecule has 1 aliphatic heterocycles. The molecule has 1 fully saturated rings. The van der Waals surface area contributed by atoms with Gasteiger partial charge in [0.2, 0.25) is 11.8 Å². The molecule has 6 nitrogen and oxygen atoms in total. The highest BCUT2D eigenvalue weighted by atomic mass is 16.5. The Morgan fingerprint density at radius 3 is 2.60 bits per heavy atom. The van der Waals surface area contributed by atoms with Crippen LogP contribution < -0.4 is 10.1 Å². The lowest BCUT2D eigenvalue weighted by Gasteiger charge is -2.32. The van der Waals surface area contributed by atoms with Crippen molar-refractivity contribution in [1.82, 2.24) is 10.2 Å². The molecule has 6 heteroatoms. The van der Waals surface area contributed by atoms with E-state index in [0.29, 0.717) is 32.5 Å². The van der Waals surface area contributed by atoms with E-state index in [1.807, 2.05) is 42.2 Å². The molecule has 0 aromatic heterocycles. The maximum absolute atomic E-state index is 12.2. The fourth-order valence-corrected chi connectivity index (χ4v) is 2.83. The molecule has 1 aliphatic rings. The number of ether oxygens (including phenoxy) is 1. The van der Waals surface area contributed by atoms with Crippen LogP contribution in [0.1, 0.15) is 37.7 Å². The Kier molecular flexibility index (Phi) is 7.27. The van der Waals surface area contributed by atoms with Crippen LogP contribution in [0.2, 0.25) is 0 Å². The van der Waals surface area contributed by atoms with Crippen molar-refractivity contribution in [3.63, 3.8) is 0 Å². The first-order chi connectivity index (χ1) is 12.1. The summed E-state index contributed by atoms with van der Waals surface area (Å²) >= 11 is 0. The number of piperidine rings is 1. The number of carbonyl (C=O) groups is 2. The zero-order valence-corrected chi connectivity index (χ0v) is 14.7. The average Bonchev–Trinajstić information content (AvgIpc) is 2.61. The highest BCUT2D eigenvalue weighted by Crippen LogP contribution is 2.14. The van der Waals surface area contributed by atoms with Gasteiger partial charge in [-0.05, 0) is 38.3 Å². The molecule has 1 aromatic rings. The molecule has 0 saturated carbocycles. The van der Waals surface area contributed by atoms with E-state index in [4.69, 9.17) is 10.00 Å². The second kappa shape index (κ2) is 9.67. The molecule has 2 amide bonds. The number of nitrogens with zero attached hydrogens (tertiary/aromatic N) is 2. The topological polar surface area (TPSA) is 82.4 Å². The molecule has 0 atom stereocenters. The molecular formula is C19H25N3O3. The number of nitriles is 1. The molecular weight excluding hydrogens is 318 g/mol.